The number of pyridine rings is 1. The lowest BCUT2D eigenvalue weighted by atomic mass is 10.2. The van der Waals surface area contributed by atoms with Crippen LogP contribution >= 0.6 is 0 Å². The van der Waals surface area contributed by atoms with Gasteiger partial charge in [0.25, 0.3) is 5.91 Å². The molecule has 0 atom stereocenters. The molecule has 0 saturated carbocycles. The summed E-state index contributed by atoms with van der Waals surface area (Å²) in [4.78, 5) is 27.6. The number of esters is 1. The molecule has 2 aromatic rings. The first-order valence-electron chi connectivity index (χ1n) is 6.91. The lowest BCUT2D eigenvalue weighted by Crippen LogP contribution is -2.21. The average molecular weight is 314 g/mol. The predicted octanol–water partition coefficient (Wildman–Crippen LogP) is 1.91. The molecule has 0 bridgehead atoms. The molecule has 1 aliphatic rings. The minimum absolute atomic E-state index is 0.162. The molecule has 1 amide bonds. The van der Waals surface area contributed by atoms with Gasteiger partial charge in [-0.1, -0.05) is 0 Å². The number of carbonyl (C=O) groups is 2. The van der Waals surface area contributed by atoms with Gasteiger partial charge in [-0.25, -0.2) is 4.79 Å². The monoisotopic (exact) mass is 314 g/mol. The van der Waals surface area contributed by atoms with Crippen LogP contribution in [0.5, 0.6) is 11.5 Å². The van der Waals surface area contributed by atoms with E-state index in [9.17, 15) is 9.59 Å². The fourth-order valence-corrected chi connectivity index (χ4v) is 1.97. The summed E-state index contributed by atoms with van der Waals surface area (Å²) in [5, 5.41) is 2.62. The van der Waals surface area contributed by atoms with Crippen LogP contribution < -0.4 is 14.8 Å². The summed E-state index contributed by atoms with van der Waals surface area (Å²) in [5.41, 5.74) is 1.63. The number of nitrogens with zero attached hydrogens (tertiary/aromatic N) is 1. The van der Waals surface area contributed by atoms with Gasteiger partial charge in [-0.15, -0.1) is 0 Å². The molecule has 7 nitrogen and oxygen atoms in total. The fraction of sp³-hybridized carbons (Fsp3) is 0.188. The Hall–Kier alpha value is -3.09. The maximum absolute atomic E-state index is 11.8. The number of hydrogen-bond acceptors (Lipinski definition) is 6. The van der Waals surface area contributed by atoms with Crippen molar-refractivity contribution in [2.75, 3.05) is 18.7 Å². The third-order valence-corrected chi connectivity index (χ3v) is 3.14. The number of ether oxygens (including phenoxy) is 3. The van der Waals surface area contributed by atoms with Gasteiger partial charge in [0.05, 0.1) is 5.56 Å². The highest BCUT2D eigenvalue weighted by molar-refractivity contribution is 5.95. The molecule has 7 heteroatoms. The van der Waals surface area contributed by atoms with Crippen molar-refractivity contribution in [2.45, 2.75) is 6.92 Å². The van der Waals surface area contributed by atoms with Crippen molar-refractivity contribution < 1.29 is 23.8 Å². The topological polar surface area (TPSA) is 86.8 Å². The molecule has 1 aliphatic heterocycles. The molecule has 1 N–H and O–H groups in total. The van der Waals surface area contributed by atoms with Crippen LogP contribution in [0.15, 0.2) is 36.5 Å². The summed E-state index contributed by atoms with van der Waals surface area (Å²) in [6, 6.07) is 8.31. The quantitative estimate of drug-likeness (QED) is 0.868. The average Bonchev–Trinajstić information content (AvgIpc) is 3.01. The summed E-state index contributed by atoms with van der Waals surface area (Å²) in [6.07, 6.45) is 1.41. The van der Waals surface area contributed by atoms with Gasteiger partial charge in [0.1, 0.15) is 0 Å². The van der Waals surface area contributed by atoms with E-state index in [4.69, 9.17) is 14.2 Å². The first-order valence-corrected chi connectivity index (χ1v) is 6.91. The van der Waals surface area contributed by atoms with Gasteiger partial charge in [-0.05, 0) is 31.2 Å². The second kappa shape index (κ2) is 6.35. The molecule has 0 fully saturated rings. The highest BCUT2D eigenvalue weighted by atomic mass is 16.7. The largest absolute Gasteiger partial charge is 0.454 e. The van der Waals surface area contributed by atoms with E-state index in [1.54, 1.807) is 30.3 Å². The lowest BCUT2D eigenvalue weighted by Gasteiger charge is -2.07. The molecule has 0 aliphatic carbocycles. The van der Waals surface area contributed by atoms with Gasteiger partial charge < -0.3 is 19.5 Å². The van der Waals surface area contributed by atoms with Crippen molar-refractivity contribution in [2.24, 2.45) is 0 Å². The maximum Gasteiger partial charge on any atom is 0.340 e. The van der Waals surface area contributed by atoms with Crippen LogP contribution in [-0.4, -0.2) is 30.3 Å². The highest BCUT2D eigenvalue weighted by Gasteiger charge is 2.15. The number of amides is 1. The Kier molecular flexibility index (Phi) is 4.09. The number of nitrogens with one attached hydrogen (secondary N) is 1. The molecule has 2 heterocycles. The number of rotatable bonds is 4. The van der Waals surface area contributed by atoms with Crippen LogP contribution in [0.2, 0.25) is 0 Å². The number of anilines is 1. The molecule has 23 heavy (non-hydrogen) atoms. The third-order valence-electron chi connectivity index (χ3n) is 3.14. The SMILES string of the molecule is Cc1ccc(C(=O)OCC(=O)Nc2ccc3c(c2)OCO3)cn1. The Labute approximate surface area is 132 Å². The van der Waals surface area contributed by atoms with E-state index in [-0.39, 0.29) is 13.4 Å². The van der Waals surface area contributed by atoms with E-state index >= 15 is 0 Å². The van der Waals surface area contributed by atoms with Crippen LogP contribution in [0.3, 0.4) is 0 Å². The summed E-state index contributed by atoms with van der Waals surface area (Å²) in [7, 11) is 0. The number of hydrogen-bond donors (Lipinski definition) is 1. The van der Waals surface area contributed by atoms with Crippen LogP contribution in [-0.2, 0) is 9.53 Å². The third kappa shape index (κ3) is 3.57. The molecule has 3 rings (SSSR count). The molecule has 0 radical (unpaired) electrons. The van der Waals surface area contributed by atoms with Gasteiger partial charge >= 0.3 is 5.97 Å². The Morgan fingerprint density at radius 3 is 2.83 bits per heavy atom. The molecular formula is C16H14N2O5. The second-order valence-electron chi connectivity index (χ2n) is 4.88. The minimum atomic E-state index is -0.599. The van der Waals surface area contributed by atoms with Crippen molar-refractivity contribution in [3.8, 4) is 11.5 Å². The van der Waals surface area contributed by atoms with Gasteiger partial charge in [-0.3, -0.25) is 9.78 Å². The van der Waals surface area contributed by atoms with E-state index in [1.807, 2.05) is 6.92 Å². The van der Waals surface area contributed by atoms with E-state index in [1.165, 1.54) is 6.20 Å². The Morgan fingerprint density at radius 1 is 1.22 bits per heavy atom. The van der Waals surface area contributed by atoms with Crippen molar-refractivity contribution in [1.29, 1.82) is 0 Å². The molecular weight excluding hydrogens is 300 g/mol. The van der Waals surface area contributed by atoms with Gasteiger partial charge in [0.2, 0.25) is 6.79 Å². The summed E-state index contributed by atoms with van der Waals surface area (Å²) in [5.74, 6) is 0.141. The van der Waals surface area contributed by atoms with Crippen molar-refractivity contribution in [3.05, 3.63) is 47.8 Å². The lowest BCUT2D eigenvalue weighted by molar-refractivity contribution is -0.119. The minimum Gasteiger partial charge on any atom is -0.454 e. The Balaban J connectivity index is 1.53. The van der Waals surface area contributed by atoms with Gasteiger partial charge in [0, 0.05) is 23.6 Å². The normalized spacial score (nSPS) is 11.9. The second-order valence-corrected chi connectivity index (χ2v) is 4.88. The van der Waals surface area contributed by atoms with Gasteiger partial charge in [0.15, 0.2) is 18.1 Å². The van der Waals surface area contributed by atoms with Crippen molar-refractivity contribution >= 4 is 17.6 Å². The maximum atomic E-state index is 11.8. The van der Waals surface area contributed by atoms with Crippen LogP contribution in [0.25, 0.3) is 0 Å². The number of aryl methyl sites for hydroxylation is 1. The van der Waals surface area contributed by atoms with Crippen LogP contribution in [0.4, 0.5) is 5.69 Å². The Bertz CT molecular complexity index is 743. The first kappa shape index (κ1) is 14.8. The fourth-order valence-electron chi connectivity index (χ4n) is 1.97. The number of benzene rings is 1. The molecule has 118 valence electrons. The van der Waals surface area contributed by atoms with Crippen molar-refractivity contribution in [1.82, 2.24) is 4.98 Å². The predicted molar refractivity (Wildman–Crippen MR) is 80.5 cm³/mol. The number of carbonyl (C=O) groups excluding carboxylic acids is 2. The molecule has 1 aromatic carbocycles. The summed E-state index contributed by atoms with van der Waals surface area (Å²) < 4.78 is 15.4. The van der Waals surface area contributed by atoms with E-state index in [2.05, 4.69) is 10.3 Å². The summed E-state index contributed by atoms with van der Waals surface area (Å²) >= 11 is 0. The van der Waals surface area contributed by atoms with E-state index < -0.39 is 11.9 Å². The van der Waals surface area contributed by atoms with E-state index in [0.29, 0.717) is 22.7 Å². The van der Waals surface area contributed by atoms with Crippen LogP contribution in [0, 0.1) is 6.92 Å². The molecule has 0 saturated heterocycles. The molecule has 1 aromatic heterocycles. The zero-order valence-electron chi connectivity index (χ0n) is 12.4. The standard InChI is InChI=1S/C16H14N2O5/c1-10-2-3-11(7-17-10)16(20)21-8-15(19)18-12-4-5-13-14(6-12)23-9-22-13/h2-7H,8-9H2,1H3,(H,18,19). The van der Waals surface area contributed by atoms with Crippen molar-refractivity contribution in [3.63, 3.8) is 0 Å². The van der Waals surface area contributed by atoms with Crippen LogP contribution in [0.1, 0.15) is 16.1 Å². The molecule has 0 spiro atoms. The first-order chi connectivity index (χ1) is 11.1. The summed E-state index contributed by atoms with van der Waals surface area (Å²) in [6.45, 7) is 1.59. The zero-order chi connectivity index (χ0) is 16.2. The van der Waals surface area contributed by atoms with Gasteiger partial charge in [-0.2, -0.15) is 0 Å². The Morgan fingerprint density at radius 2 is 2.04 bits per heavy atom. The molecule has 0 unspecified atom stereocenters. The number of fused-ring (bicyclic) bond motifs is 1. The van der Waals surface area contributed by atoms with E-state index in [0.717, 1.165) is 5.69 Å². The smallest absolute Gasteiger partial charge is 0.340 e. The number of aromatic nitrogens is 1. The highest BCUT2D eigenvalue weighted by Crippen LogP contribution is 2.34. The zero-order valence-corrected chi connectivity index (χ0v) is 12.4.